The molecule has 4 nitrogen and oxygen atoms in total. The highest BCUT2D eigenvalue weighted by molar-refractivity contribution is 9.10. The van der Waals surface area contributed by atoms with Crippen molar-refractivity contribution in [2.75, 3.05) is 11.9 Å². The minimum absolute atomic E-state index is 0.242. The van der Waals surface area contributed by atoms with Crippen LogP contribution in [0.3, 0.4) is 0 Å². The summed E-state index contributed by atoms with van der Waals surface area (Å²) in [6.07, 6.45) is 0. The molecule has 106 valence electrons. The summed E-state index contributed by atoms with van der Waals surface area (Å²) < 4.78 is 18.8. The molecule has 2 aromatic rings. The van der Waals surface area contributed by atoms with E-state index in [-0.39, 0.29) is 12.4 Å². The molecule has 1 N–H and O–H groups in total. The lowest BCUT2D eigenvalue weighted by atomic mass is 10.2. The van der Waals surface area contributed by atoms with Gasteiger partial charge < -0.3 is 10.1 Å². The molecular formula is C15H10BrFN2O2. The third-order valence-electron chi connectivity index (χ3n) is 2.55. The van der Waals surface area contributed by atoms with Crippen LogP contribution in [0.2, 0.25) is 0 Å². The molecule has 2 aromatic carbocycles. The molecule has 0 atom stereocenters. The predicted molar refractivity (Wildman–Crippen MR) is 79.4 cm³/mol. The number of nitrogens with one attached hydrogen (secondary N) is 1. The van der Waals surface area contributed by atoms with Crippen molar-refractivity contribution < 1.29 is 13.9 Å². The fraction of sp³-hybridized carbons (Fsp3) is 0.0667. The molecule has 0 fully saturated rings. The van der Waals surface area contributed by atoms with E-state index in [1.165, 1.54) is 24.3 Å². The lowest BCUT2D eigenvalue weighted by Crippen LogP contribution is -2.20. The van der Waals surface area contributed by atoms with Gasteiger partial charge in [-0.15, -0.1) is 0 Å². The monoisotopic (exact) mass is 348 g/mol. The van der Waals surface area contributed by atoms with Gasteiger partial charge in [-0.25, -0.2) is 4.39 Å². The van der Waals surface area contributed by atoms with Crippen molar-refractivity contribution >= 4 is 27.5 Å². The van der Waals surface area contributed by atoms with E-state index < -0.39 is 5.91 Å². The summed E-state index contributed by atoms with van der Waals surface area (Å²) in [6.45, 7) is -0.242. The van der Waals surface area contributed by atoms with Crippen LogP contribution in [0.15, 0.2) is 46.9 Å². The van der Waals surface area contributed by atoms with Crippen LogP contribution in [0.25, 0.3) is 0 Å². The fourth-order valence-electron chi connectivity index (χ4n) is 1.59. The van der Waals surface area contributed by atoms with E-state index in [1.807, 2.05) is 6.07 Å². The van der Waals surface area contributed by atoms with Gasteiger partial charge in [-0.2, -0.15) is 5.26 Å². The van der Waals surface area contributed by atoms with E-state index in [9.17, 15) is 9.18 Å². The smallest absolute Gasteiger partial charge is 0.262 e. The van der Waals surface area contributed by atoms with Crippen molar-refractivity contribution in [2.24, 2.45) is 0 Å². The van der Waals surface area contributed by atoms with Crippen molar-refractivity contribution in [1.82, 2.24) is 0 Å². The van der Waals surface area contributed by atoms with E-state index in [0.717, 1.165) is 4.47 Å². The number of anilines is 1. The van der Waals surface area contributed by atoms with Crippen LogP contribution in [-0.4, -0.2) is 12.5 Å². The number of benzene rings is 2. The summed E-state index contributed by atoms with van der Waals surface area (Å²) in [6, 6.07) is 12.3. The van der Waals surface area contributed by atoms with Crippen molar-refractivity contribution in [3.63, 3.8) is 0 Å². The highest BCUT2D eigenvalue weighted by Gasteiger charge is 2.08. The quantitative estimate of drug-likeness (QED) is 0.919. The first-order valence-electron chi connectivity index (χ1n) is 5.96. The van der Waals surface area contributed by atoms with Gasteiger partial charge in [0.05, 0.1) is 5.56 Å². The van der Waals surface area contributed by atoms with E-state index in [2.05, 4.69) is 21.2 Å². The SMILES string of the molecule is N#Cc1cc(Br)ccc1OCC(=O)Nc1ccc(F)cc1. The van der Waals surface area contributed by atoms with Crippen LogP contribution in [0.1, 0.15) is 5.56 Å². The summed E-state index contributed by atoms with van der Waals surface area (Å²) in [5.41, 5.74) is 0.806. The molecular weight excluding hydrogens is 339 g/mol. The average molecular weight is 349 g/mol. The Morgan fingerprint density at radius 1 is 1.29 bits per heavy atom. The highest BCUT2D eigenvalue weighted by atomic mass is 79.9. The number of rotatable bonds is 4. The van der Waals surface area contributed by atoms with Gasteiger partial charge in [0.25, 0.3) is 5.91 Å². The summed E-state index contributed by atoms with van der Waals surface area (Å²) in [4.78, 5) is 11.7. The number of hydrogen-bond donors (Lipinski definition) is 1. The highest BCUT2D eigenvalue weighted by Crippen LogP contribution is 2.22. The lowest BCUT2D eigenvalue weighted by Gasteiger charge is -2.09. The van der Waals surface area contributed by atoms with Gasteiger partial charge in [0.15, 0.2) is 6.61 Å². The Labute approximate surface area is 129 Å². The van der Waals surface area contributed by atoms with Gasteiger partial charge in [0, 0.05) is 10.2 Å². The van der Waals surface area contributed by atoms with Gasteiger partial charge in [0.2, 0.25) is 0 Å². The zero-order valence-corrected chi connectivity index (χ0v) is 12.4. The molecule has 21 heavy (non-hydrogen) atoms. The van der Waals surface area contributed by atoms with E-state index in [1.54, 1.807) is 18.2 Å². The first-order valence-corrected chi connectivity index (χ1v) is 6.75. The van der Waals surface area contributed by atoms with Crippen molar-refractivity contribution in [2.45, 2.75) is 0 Å². The Morgan fingerprint density at radius 2 is 2.00 bits per heavy atom. The maximum Gasteiger partial charge on any atom is 0.262 e. The molecule has 0 aliphatic carbocycles. The Bertz CT molecular complexity index is 696. The molecule has 6 heteroatoms. The van der Waals surface area contributed by atoms with Crippen LogP contribution in [0.5, 0.6) is 5.75 Å². The maximum atomic E-state index is 12.7. The molecule has 0 saturated carbocycles. The standard InChI is InChI=1S/C15H10BrFN2O2/c16-11-1-6-14(10(7-11)8-18)21-9-15(20)19-13-4-2-12(17)3-5-13/h1-7H,9H2,(H,19,20). The third-order valence-corrected chi connectivity index (χ3v) is 3.04. The first kappa shape index (κ1) is 15.0. The molecule has 0 spiro atoms. The zero-order valence-electron chi connectivity index (χ0n) is 10.8. The van der Waals surface area contributed by atoms with Crippen LogP contribution in [-0.2, 0) is 4.79 Å². The van der Waals surface area contributed by atoms with Gasteiger partial charge in [-0.05, 0) is 42.5 Å². The van der Waals surface area contributed by atoms with Crippen molar-refractivity contribution in [1.29, 1.82) is 5.26 Å². The maximum absolute atomic E-state index is 12.7. The minimum Gasteiger partial charge on any atom is -0.482 e. The molecule has 0 aliphatic rings. The normalized spacial score (nSPS) is 9.76. The van der Waals surface area contributed by atoms with Gasteiger partial charge >= 0.3 is 0 Å². The van der Waals surface area contributed by atoms with E-state index in [4.69, 9.17) is 10.00 Å². The van der Waals surface area contributed by atoms with Crippen LogP contribution < -0.4 is 10.1 Å². The Morgan fingerprint density at radius 3 is 2.67 bits per heavy atom. The average Bonchev–Trinajstić information content (AvgIpc) is 2.48. The molecule has 0 aliphatic heterocycles. The summed E-state index contributed by atoms with van der Waals surface area (Å²) in [7, 11) is 0. The topological polar surface area (TPSA) is 62.1 Å². The largest absolute Gasteiger partial charge is 0.482 e. The molecule has 0 radical (unpaired) electrons. The molecule has 0 heterocycles. The van der Waals surface area contributed by atoms with Crippen LogP contribution in [0.4, 0.5) is 10.1 Å². The molecule has 0 unspecified atom stereocenters. The Kier molecular flexibility index (Phi) is 4.90. The summed E-state index contributed by atoms with van der Waals surface area (Å²) >= 11 is 3.25. The number of nitriles is 1. The number of carbonyl (C=O) groups excluding carboxylic acids is 1. The Balaban J connectivity index is 1.95. The van der Waals surface area contributed by atoms with Crippen molar-refractivity contribution in [3.05, 3.63) is 58.3 Å². The molecule has 2 rings (SSSR count). The third kappa shape index (κ3) is 4.29. The predicted octanol–water partition coefficient (Wildman–Crippen LogP) is 3.48. The fourth-order valence-corrected chi connectivity index (χ4v) is 1.95. The number of halogens is 2. The second-order valence-electron chi connectivity index (χ2n) is 4.10. The lowest BCUT2D eigenvalue weighted by molar-refractivity contribution is -0.118. The number of carbonyl (C=O) groups is 1. The molecule has 1 amide bonds. The molecule has 0 bridgehead atoms. The van der Waals surface area contributed by atoms with Crippen LogP contribution >= 0.6 is 15.9 Å². The molecule has 0 aromatic heterocycles. The molecule has 0 saturated heterocycles. The van der Waals surface area contributed by atoms with Gasteiger partial charge in [-0.3, -0.25) is 4.79 Å². The van der Waals surface area contributed by atoms with Crippen molar-refractivity contribution in [3.8, 4) is 11.8 Å². The Hall–Kier alpha value is -2.39. The number of amides is 1. The summed E-state index contributed by atoms with van der Waals surface area (Å²) in [5.74, 6) is -0.443. The van der Waals surface area contributed by atoms with Gasteiger partial charge in [-0.1, -0.05) is 15.9 Å². The minimum atomic E-state index is -0.395. The second-order valence-corrected chi connectivity index (χ2v) is 5.01. The summed E-state index contributed by atoms with van der Waals surface area (Å²) in [5, 5.41) is 11.5. The van der Waals surface area contributed by atoms with E-state index >= 15 is 0 Å². The van der Waals surface area contributed by atoms with E-state index in [0.29, 0.717) is 17.0 Å². The van der Waals surface area contributed by atoms with Crippen LogP contribution in [0, 0.1) is 17.1 Å². The zero-order chi connectivity index (χ0) is 15.2. The number of ether oxygens (including phenoxy) is 1. The second kappa shape index (κ2) is 6.86. The first-order chi connectivity index (χ1) is 10.1. The number of hydrogen-bond acceptors (Lipinski definition) is 3. The van der Waals surface area contributed by atoms with Gasteiger partial charge in [0.1, 0.15) is 17.6 Å². The number of nitrogens with zero attached hydrogens (tertiary/aromatic N) is 1.